The Kier molecular flexibility index (Phi) is 6.27. The van der Waals surface area contributed by atoms with Gasteiger partial charge in [-0.2, -0.15) is 0 Å². The Morgan fingerprint density at radius 3 is 2.34 bits per heavy atom. The van der Waals surface area contributed by atoms with Crippen LogP contribution in [-0.2, 0) is 0 Å². The van der Waals surface area contributed by atoms with Gasteiger partial charge in [0.1, 0.15) is 18.0 Å². The van der Waals surface area contributed by atoms with Gasteiger partial charge >= 0.3 is 0 Å². The predicted octanol–water partition coefficient (Wildman–Crippen LogP) is 5.34. The second-order valence-corrected chi connectivity index (χ2v) is 7.15. The first-order valence-corrected chi connectivity index (χ1v) is 10.0. The molecule has 0 saturated carbocycles. The molecule has 1 aromatic heterocycles. The first-order chi connectivity index (χ1) is 15.6. The van der Waals surface area contributed by atoms with Gasteiger partial charge in [-0.3, -0.25) is 0 Å². The van der Waals surface area contributed by atoms with Crippen LogP contribution in [0.25, 0.3) is 10.9 Å². The Bertz CT molecular complexity index is 1280. The number of thiocarbonyl (C=S) groups is 1. The lowest BCUT2D eigenvalue weighted by Crippen LogP contribution is -2.19. The van der Waals surface area contributed by atoms with Crippen LogP contribution in [0.5, 0.6) is 11.5 Å². The zero-order valence-corrected chi connectivity index (χ0v) is 18.2. The van der Waals surface area contributed by atoms with Crippen molar-refractivity contribution in [2.45, 2.75) is 0 Å². The van der Waals surface area contributed by atoms with Crippen molar-refractivity contribution >= 4 is 51.1 Å². The van der Waals surface area contributed by atoms with E-state index in [1.54, 1.807) is 26.4 Å². The van der Waals surface area contributed by atoms with E-state index in [4.69, 9.17) is 21.7 Å². The Labute approximate surface area is 189 Å². The molecule has 9 heteroatoms. The summed E-state index contributed by atoms with van der Waals surface area (Å²) in [5, 5.41) is 10.5. The Hall–Kier alpha value is -3.98. The lowest BCUT2D eigenvalue weighted by atomic mass is 10.2. The first kappa shape index (κ1) is 21.3. The minimum atomic E-state index is -0.341. The van der Waals surface area contributed by atoms with E-state index < -0.39 is 0 Å². The molecular weight excluding hydrogens is 429 g/mol. The van der Waals surface area contributed by atoms with Crippen molar-refractivity contribution in [1.82, 2.24) is 9.97 Å². The highest BCUT2D eigenvalue weighted by molar-refractivity contribution is 7.80. The molecule has 4 rings (SSSR count). The van der Waals surface area contributed by atoms with Crippen molar-refractivity contribution in [3.63, 3.8) is 0 Å². The highest BCUT2D eigenvalue weighted by Gasteiger charge is 2.09. The summed E-state index contributed by atoms with van der Waals surface area (Å²) < 4.78 is 24.0. The number of anilines is 4. The van der Waals surface area contributed by atoms with E-state index in [-0.39, 0.29) is 5.82 Å². The van der Waals surface area contributed by atoms with E-state index in [9.17, 15) is 4.39 Å². The van der Waals surface area contributed by atoms with Gasteiger partial charge in [0.2, 0.25) is 0 Å². The average Bonchev–Trinajstić information content (AvgIpc) is 2.79. The number of nitrogens with zero attached hydrogens (tertiary/aromatic N) is 2. The van der Waals surface area contributed by atoms with E-state index in [2.05, 4.69) is 25.9 Å². The number of benzene rings is 3. The molecular formula is C23H20FN5O2S. The van der Waals surface area contributed by atoms with E-state index in [0.717, 1.165) is 22.3 Å². The van der Waals surface area contributed by atoms with Crippen LogP contribution in [-0.4, -0.2) is 29.3 Å². The third-order valence-corrected chi connectivity index (χ3v) is 4.83. The summed E-state index contributed by atoms with van der Waals surface area (Å²) in [4.78, 5) is 8.71. The number of hydrogen-bond acceptors (Lipinski definition) is 6. The van der Waals surface area contributed by atoms with Gasteiger partial charge in [-0.1, -0.05) is 6.07 Å². The number of aromatic nitrogens is 2. The highest BCUT2D eigenvalue weighted by atomic mass is 32.1. The zero-order valence-electron chi connectivity index (χ0n) is 17.3. The molecule has 4 aromatic rings. The number of hydrogen-bond donors (Lipinski definition) is 3. The average molecular weight is 450 g/mol. The van der Waals surface area contributed by atoms with Crippen LogP contribution in [0, 0.1) is 5.82 Å². The number of nitrogens with one attached hydrogen (secondary N) is 3. The molecule has 0 aliphatic rings. The van der Waals surface area contributed by atoms with Crippen LogP contribution in [0.2, 0.25) is 0 Å². The highest BCUT2D eigenvalue weighted by Crippen LogP contribution is 2.32. The summed E-state index contributed by atoms with van der Waals surface area (Å²) in [5.41, 5.74) is 2.83. The molecule has 7 nitrogen and oxygen atoms in total. The van der Waals surface area contributed by atoms with E-state index >= 15 is 0 Å². The molecule has 0 amide bonds. The third-order valence-electron chi connectivity index (χ3n) is 4.62. The minimum Gasteiger partial charge on any atom is -0.493 e. The largest absolute Gasteiger partial charge is 0.493 e. The van der Waals surface area contributed by atoms with Crippen molar-refractivity contribution in [3.8, 4) is 11.5 Å². The lowest BCUT2D eigenvalue weighted by molar-refractivity contribution is 0.355. The molecule has 0 fully saturated rings. The third kappa shape index (κ3) is 4.84. The first-order valence-electron chi connectivity index (χ1n) is 9.63. The number of ether oxygens (including phenoxy) is 2. The van der Waals surface area contributed by atoms with Crippen LogP contribution in [0.1, 0.15) is 0 Å². The normalized spacial score (nSPS) is 10.5. The molecule has 0 aliphatic carbocycles. The van der Waals surface area contributed by atoms with Gasteiger partial charge in [-0.25, -0.2) is 14.4 Å². The fourth-order valence-corrected chi connectivity index (χ4v) is 3.38. The summed E-state index contributed by atoms with van der Waals surface area (Å²) in [6, 6.07) is 17.2. The molecule has 0 spiro atoms. The van der Waals surface area contributed by atoms with Crippen LogP contribution in [0.15, 0.2) is 67.0 Å². The number of fused-ring (bicyclic) bond motifs is 1. The maximum atomic E-state index is 13.4. The maximum Gasteiger partial charge on any atom is 0.175 e. The molecule has 0 radical (unpaired) electrons. The molecule has 0 saturated heterocycles. The minimum absolute atomic E-state index is 0.334. The van der Waals surface area contributed by atoms with Crippen molar-refractivity contribution in [1.29, 1.82) is 0 Å². The van der Waals surface area contributed by atoms with Crippen molar-refractivity contribution < 1.29 is 13.9 Å². The van der Waals surface area contributed by atoms with Gasteiger partial charge in [-0.05, 0) is 60.7 Å². The SMILES string of the molecule is COc1ccc(Nc2ncnc3ccc(NC(=S)Nc4cccc(F)c4)cc23)cc1OC. The van der Waals surface area contributed by atoms with Gasteiger partial charge in [0.05, 0.1) is 19.7 Å². The van der Waals surface area contributed by atoms with Crippen LogP contribution in [0.3, 0.4) is 0 Å². The van der Waals surface area contributed by atoms with Crippen molar-refractivity contribution in [3.05, 3.63) is 72.8 Å². The summed E-state index contributed by atoms with van der Waals surface area (Å²) in [7, 11) is 3.17. The molecule has 1 heterocycles. The fraction of sp³-hybridized carbons (Fsp3) is 0.0870. The Morgan fingerprint density at radius 1 is 0.844 bits per heavy atom. The second kappa shape index (κ2) is 9.44. The topological polar surface area (TPSA) is 80.3 Å². The molecule has 32 heavy (non-hydrogen) atoms. The van der Waals surface area contributed by atoms with Crippen molar-refractivity contribution in [2.75, 3.05) is 30.2 Å². The van der Waals surface area contributed by atoms with Gasteiger partial charge < -0.3 is 25.4 Å². The molecule has 162 valence electrons. The molecule has 0 unspecified atom stereocenters. The quantitative estimate of drug-likeness (QED) is 0.341. The summed E-state index contributed by atoms with van der Waals surface area (Å²) in [6.07, 6.45) is 1.49. The lowest BCUT2D eigenvalue weighted by Gasteiger charge is -2.14. The summed E-state index contributed by atoms with van der Waals surface area (Å²) >= 11 is 5.36. The van der Waals surface area contributed by atoms with Gasteiger partial charge in [-0.15, -0.1) is 0 Å². The standard InChI is InChI=1S/C23H20FN5O2S/c1-30-20-9-7-17(12-21(20)31-2)27-22-18-11-16(6-8-19(18)25-13-26-22)29-23(32)28-15-5-3-4-14(24)10-15/h3-13H,1-2H3,(H,25,26,27)(H2,28,29,32). The number of rotatable bonds is 6. The molecule has 0 aliphatic heterocycles. The Balaban J connectivity index is 1.57. The summed E-state index contributed by atoms with van der Waals surface area (Å²) in [5.74, 6) is 1.52. The maximum absolute atomic E-state index is 13.4. The van der Waals surface area contributed by atoms with E-state index in [0.29, 0.717) is 28.1 Å². The molecule has 3 N–H and O–H groups in total. The van der Waals surface area contributed by atoms with Gasteiger partial charge in [0.25, 0.3) is 0 Å². The van der Waals surface area contributed by atoms with Crippen LogP contribution in [0.4, 0.5) is 27.3 Å². The second-order valence-electron chi connectivity index (χ2n) is 6.74. The van der Waals surface area contributed by atoms with Crippen LogP contribution < -0.4 is 25.4 Å². The molecule has 0 atom stereocenters. The van der Waals surface area contributed by atoms with Crippen LogP contribution >= 0.6 is 12.2 Å². The fourth-order valence-electron chi connectivity index (χ4n) is 3.14. The Morgan fingerprint density at radius 2 is 1.59 bits per heavy atom. The molecule has 3 aromatic carbocycles. The molecule has 0 bridgehead atoms. The van der Waals surface area contributed by atoms with Crippen molar-refractivity contribution in [2.24, 2.45) is 0 Å². The predicted molar refractivity (Wildman–Crippen MR) is 129 cm³/mol. The van der Waals surface area contributed by atoms with Gasteiger partial charge in [0.15, 0.2) is 16.6 Å². The zero-order chi connectivity index (χ0) is 22.5. The number of halogens is 1. The summed E-state index contributed by atoms with van der Waals surface area (Å²) in [6.45, 7) is 0. The van der Waals surface area contributed by atoms with E-state index in [1.165, 1.54) is 18.5 Å². The monoisotopic (exact) mass is 449 g/mol. The number of methoxy groups -OCH3 is 2. The smallest absolute Gasteiger partial charge is 0.175 e. The van der Waals surface area contributed by atoms with E-state index in [1.807, 2.05) is 36.4 Å². The van der Waals surface area contributed by atoms with Gasteiger partial charge in [0, 0.05) is 28.5 Å².